The molecule has 0 aliphatic heterocycles. The summed E-state index contributed by atoms with van der Waals surface area (Å²) in [6.07, 6.45) is 2.28. The molecule has 0 aliphatic rings. The first-order chi connectivity index (χ1) is 6.31. The molecular weight excluding hydrogens is 186 g/mol. The van der Waals surface area contributed by atoms with E-state index in [1.807, 2.05) is 6.92 Å². The number of unbranched alkanes of at least 4 members (excludes halogenated alkanes) is 1. The molecule has 0 N–H and O–H groups in total. The van der Waals surface area contributed by atoms with Crippen LogP contribution in [0.2, 0.25) is 0 Å². The molecule has 0 aliphatic carbocycles. The van der Waals surface area contributed by atoms with Crippen LogP contribution in [0.4, 0.5) is 0 Å². The normalized spacial score (nSPS) is 9.23. The van der Waals surface area contributed by atoms with E-state index in [1.54, 1.807) is 0 Å². The molecule has 0 atom stereocenters. The molecule has 74 valence electrons. The van der Waals surface area contributed by atoms with Crippen LogP contribution >= 0.6 is 11.8 Å². The van der Waals surface area contributed by atoms with Crippen molar-refractivity contribution in [2.75, 3.05) is 18.1 Å². The fraction of sp³-hybridized carbons (Fsp3) is 0.778. The first kappa shape index (κ1) is 12.3. The highest BCUT2D eigenvalue weighted by molar-refractivity contribution is 7.99. The zero-order chi connectivity index (χ0) is 9.94. The van der Waals surface area contributed by atoms with Crippen LogP contribution in [0.3, 0.4) is 0 Å². The zero-order valence-corrected chi connectivity index (χ0v) is 8.73. The number of hydrogen-bond donors (Lipinski definition) is 0. The molecular formula is C9H15NO2S. The van der Waals surface area contributed by atoms with Gasteiger partial charge in [-0.25, -0.2) is 0 Å². The molecule has 0 aromatic rings. The van der Waals surface area contributed by atoms with E-state index in [4.69, 9.17) is 10.00 Å². The van der Waals surface area contributed by atoms with Crippen LogP contribution in [0.15, 0.2) is 0 Å². The second-order valence-electron chi connectivity index (χ2n) is 2.53. The van der Waals surface area contributed by atoms with E-state index in [0.29, 0.717) is 18.8 Å². The Morgan fingerprint density at radius 3 is 3.00 bits per heavy atom. The zero-order valence-electron chi connectivity index (χ0n) is 7.91. The maximum Gasteiger partial charge on any atom is 0.315 e. The van der Waals surface area contributed by atoms with Gasteiger partial charge in [-0.1, -0.05) is 6.92 Å². The lowest BCUT2D eigenvalue weighted by atomic mass is 10.4. The molecule has 0 aromatic carbocycles. The summed E-state index contributed by atoms with van der Waals surface area (Å²) in [6.45, 7) is 2.48. The van der Waals surface area contributed by atoms with Crippen molar-refractivity contribution in [3.05, 3.63) is 0 Å². The summed E-state index contributed by atoms with van der Waals surface area (Å²) in [5.41, 5.74) is 0. The lowest BCUT2D eigenvalue weighted by Gasteiger charge is -2.01. The predicted octanol–water partition coefficient (Wildman–Crippen LogP) is 1.98. The molecule has 3 nitrogen and oxygen atoms in total. The van der Waals surface area contributed by atoms with E-state index in [9.17, 15) is 4.79 Å². The number of esters is 1. The highest BCUT2D eigenvalue weighted by Crippen LogP contribution is 2.04. The van der Waals surface area contributed by atoms with E-state index >= 15 is 0 Å². The Morgan fingerprint density at radius 2 is 2.38 bits per heavy atom. The van der Waals surface area contributed by atoms with Gasteiger partial charge in [-0.15, -0.1) is 0 Å². The van der Waals surface area contributed by atoms with Gasteiger partial charge < -0.3 is 4.74 Å². The number of rotatable bonds is 7. The Kier molecular flexibility index (Phi) is 8.90. The van der Waals surface area contributed by atoms with E-state index in [2.05, 4.69) is 6.07 Å². The highest BCUT2D eigenvalue weighted by atomic mass is 32.2. The number of carbonyl (C=O) groups is 1. The predicted molar refractivity (Wildman–Crippen MR) is 53.4 cm³/mol. The van der Waals surface area contributed by atoms with Crippen LogP contribution in [0.5, 0.6) is 0 Å². The summed E-state index contributed by atoms with van der Waals surface area (Å²) in [7, 11) is 0. The summed E-state index contributed by atoms with van der Waals surface area (Å²) in [5, 5.41) is 8.24. The largest absolute Gasteiger partial charge is 0.465 e. The lowest BCUT2D eigenvalue weighted by molar-refractivity contribution is -0.140. The number of ether oxygens (including phenoxy) is 1. The molecule has 0 unspecified atom stereocenters. The first-order valence-electron chi connectivity index (χ1n) is 4.41. The maximum absolute atomic E-state index is 10.9. The molecule has 0 radical (unpaired) electrons. The monoisotopic (exact) mass is 201 g/mol. The van der Waals surface area contributed by atoms with Gasteiger partial charge >= 0.3 is 5.97 Å². The molecule has 0 rings (SSSR count). The number of nitrogens with zero attached hydrogens (tertiary/aromatic N) is 1. The van der Waals surface area contributed by atoms with Gasteiger partial charge in [-0.2, -0.15) is 17.0 Å². The van der Waals surface area contributed by atoms with Gasteiger partial charge in [0, 0.05) is 6.42 Å². The van der Waals surface area contributed by atoms with Crippen LogP contribution in [0.25, 0.3) is 0 Å². The van der Waals surface area contributed by atoms with Gasteiger partial charge in [0.25, 0.3) is 0 Å². The molecule has 0 heterocycles. The van der Waals surface area contributed by atoms with Crippen LogP contribution in [0.1, 0.15) is 26.2 Å². The Bertz CT molecular complexity index is 177. The second-order valence-corrected chi connectivity index (χ2v) is 3.64. The smallest absolute Gasteiger partial charge is 0.315 e. The fourth-order valence-corrected chi connectivity index (χ4v) is 1.41. The standard InChI is InChI=1S/C9H15NO2S/c1-2-6-12-9(11)8-13-7-4-3-5-10/h2-4,6-8H2,1H3. The lowest BCUT2D eigenvalue weighted by Crippen LogP contribution is -2.08. The molecule has 0 saturated carbocycles. The summed E-state index contributed by atoms with van der Waals surface area (Å²) in [5.74, 6) is 1.11. The van der Waals surface area contributed by atoms with Crippen LogP contribution in [0, 0.1) is 11.3 Å². The summed E-state index contributed by atoms with van der Waals surface area (Å²) >= 11 is 1.53. The third-order valence-electron chi connectivity index (χ3n) is 1.26. The number of thioether (sulfide) groups is 1. The van der Waals surface area contributed by atoms with Crippen molar-refractivity contribution in [3.63, 3.8) is 0 Å². The van der Waals surface area contributed by atoms with Crippen molar-refractivity contribution in [3.8, 4) is 6.07 Å². The SMILES string of the molecule is CCCOC(=O)CSCCCC#N. The summed E-state index contributed by atoms with van der Waals surface area (Å²) in [4.78, 5) is 10.9. The minimum absolute atomic E-state index is 0.149. The van der Waals surface area contributed by atoms with Gasteiger partial charge in [0.2, 0.25) is 0 Å². The van der Waals surface area contributed by atoms with Crippen LogP contribution < -0.4 is 0 Å². The van der Waals surface area contributed by atoms with Crippen molar-refractivity contribution in [1.82, 2.24) is 0 Å². The summed E-state index contributed by atoms with van der Waals surface area (Å²) in [6, 6.07) is 2.06. The van der Waals surface area contributed by atoms with Crippen LogP contribution in [-0.4, -0.2) is 24.1 Å². The Hall–Kier alpha value is -0.690. The Balaban J connectivity index is 3.13. The van der Waals surface area contributed by atoms with E-state index in [1.165, 1.54) is 11.8 Å². The van der Waals surface area contributed by atoms with E-state index in [-0.39, 0.29) is 5.97 Å². The molecule has 0 fully saturated rings. The number of nitriles is 1. The second kappa shape index (κ2) is 9.40. The topological polar surface area (TPSA) is 50.1 Å². The molecule has 0 amide bonds. The Morgan fingerprint density at radius 1 is 1.62 bits per heavy atom. The fourth-order valence-electron chi connectivity index (χ4n) is 0.666. The van der Waals surface area contributed by atoms with Crippen molar-refractivity contribution in [2.45, 2.75) is 26.2 Å². The van der Waals surface area contributed by atoms with Crippen molar-refractivity contribution in [1.29, 1.82) is 5.26 Å². The molecule has 4 heteroatoms. The first-order valence-corrected chi connectivity index (χ1v) is 5.57. The van der Waals surface area contributed by atoms with E-state index in [0.717, 1.165) is 18.6 Å². The number of carbonyl (C=O) groups excluding carboxylic acids is 1. The van der Waals surface area contributed by atoms with Gasteiger partial charge in [-0.05, 0) is 18.6 Å². The maximum atomic E-state index is 10.9. The van der Waals surface area contributed by atoms with E-state index < -0.39 is 0 Å². The quantitative estimate of drug-likeness (QED) is 0.467. The number of hydrogen-bond acceptors (Lipinski definition) is 4. The third kappa shape index (κ3) is 9.22. The minimum atomic E-state index is -0.149. The molecule has 13 heavy (non-hydrogen) atoms. The molecule has 0 spiro atoms. The highest BCUT2D eigenvalue weighted by Gasteiger charge is 2.00. The third-order valence-corrected chi connectivity index (χ3v) is 2.28. The molecule has 0 saturated heterocycles. The van der Waals surface area contributed by atoms with Crippen LogP contribution in [-0.2, 0) is 9.53 Å². The van der Waals surface area contributed by atoms with Gasteiger partial charge in [0.15, 0.2) is 0 Å². The van der Waals surface area contributed by atoms with Crippen molar-refractivity contribution in [2.24, 2.45) is 0 Å². The molecule has 0 aromatic heterocycles. The summed E-state index contributed by atoms with van der Waals surface area (Å²) < 4.78 is 4.87. The minimum Gasteiger partial charge on any atom is -0.465 e. The van der Waals surface area contributed by atoms with Gasteiger partial charge in [0.1, 0.15) is 0 Å². The Labute approximate surface area is 83.4 Å². The van der Waals surface area contributed by atoms with Crippen molar-refractivity contribution < 1.29 is 9.53 Å². The average molecular weight is 201 g/mol. The van der Waals surface area contributed by atoms with Crippen molar-refractivity contribution >= 4 is 17.7 Å². The average Bonchev–Trinajstić information content (AvgIpc) is 2.14. The molecule has 0 bridgehead atoms. The van der Waals surface area contributed by atoms with Gasteiger partial charge in [-0.3, -0.25) is 4.79 Å². The van der Waals surface area contributed by atoms with Gasteiger partial charge in [0.05, 0.1) is 18.4 Å².